The van der Waals surface area contributed by atoms with Crippen LogP contribution in [0.15, 0.2) is 72.8 Å². The number of rotatable bonds is 6. The summed E-state index contributed by atoms with van der Waals surface area (Å²) >= 11 is 5.97. The van der Waals surface area contributed by atoms with E-state index in [0.29, 0.717) is 23.8 Å². The van der Waals surface area contributed by atoms with Crippen molar-refractivity contribution in [2.24, 2.45) is 0 Å². The van der Waals surface area contributed by atoms with Gasteiger partial charge in [-0.05, 0) is 35.4 Å². The van der Waals surface area contributed by atoms with Crippen molar-refractivity contribution in [3.63, 3.8) is 0 Å². The molecule has 1 atom stereocenters. The molecule has 0 spiro atoms. The Morgan fingerprint density at radius 3 is 2.28 bits per heavy atom. The molecule has 8 nitrogen and oxygen atoms in total. The van der Waals surface area contributed by atoms with Gasteiger partial charge in [0.2, 0.25) is 11.8 Å². The van der Waals surface area contributed by atoms with Gasteiger partial charge in [-0.2, -0.15) is 0 Å². The summed E-state index contributed by atoms with van der Waals surface area (Å²) in [6.07, 6.45) is 0.0496. The highest BCUT2D eigenvalue weighted by molar-refractivity contribution is 6.30. The second-order valence-corrected chi connectivity index (χ2v) is 9.49. The number of benzene rings is 3. The van der Waals surface area contributed by atoms with Crippen molar-refractivity contribution in [3.05, 3.63) is 99.1 Å². The van der Waals surface area contributed by atoms with Gasteiger partial charge in [0.1, 0.15) is 5.69 Å². The molecule has 0 unspecified atom stereocenters. The highest BCUT2D eigenvalue weighted by atomic mass is 35.5. The Morgan fingerprint density at radius 1 is 0.917 bits per heavy atom. The molecule has 2 aliphatic heterocycles. The van der Waals surface area contributed by atoms with Crippen LogP contribution in [0.3, 0.4) is 0 Å². The van der Waals surface area contributed by atoms with Gasteiger partial charge >= 0.3 is 0 Å². The van der Waals surface area contributed by atoms with E-state index in [2.05, 4.69) is 4.90 Å². The van der Waals surface area contributed by atoms with Crippen LogP contribution in [0.25, 0.3) is 0 Å². The van der Waals surface area contributed by atoms with Crippen molar-refractivity contribution < 1.29 is 14.5 Å². The number of hydrogen-bond acceptors (Lipinski definition) is 6. The van der Waals surface area contributed by atoms with Gasteiger partial charge in [0.15, 0.2) is 0 Å². The molecule has 2 saturated heterocycles. The Bertz CT molecular complexity index is 1290. The van der Waals surface area contributed by atoms with Gasteiger partial charge in [-0.15, -0.1) is 0 Å². The first-order valence-electron chi connectivity index (χ1n) is 11.8. The zero-order chi connectivity index (χ0) is 25.2. The molecule has 184 valence electrons. The minimum Gasteiger partial charge on any atom is -0.363 e. The van der Waals surface area contributed by atoms with Crippen LogP contribution in [0.1, 0.15) is 23.5 Å². The predicted molar refractivity (Wildman–Crippen MR) is 138 cm³/mol. The van der Waals surface area contributed by atoms with Gasteiger partial charge in [-0.3, -0.25) is 24.6 Å². The highest BCUT2D eigenvalue weighted by Gasteiger charge is 2.41. The fraction of sp³-hybridized carbons (Fsp3) is 0.259. The van der Waals surface area contributed by atoms with Crippen LogP contribution in [0, 0.1) is 10.1 Å². The van der Waals surface area contributed by atoms with E-state index < -0.39 is 10.8 Å². The average molecular weight is 505 g/mol. The molecule has 3 aromatic rings. The second-order valence-electron chi connectivity index (χ2n) is 9.05. The molecule has 3 aromatic carbocycles. The summed E-state index contributed by atoms with van der Waals surface area (Å²) in [4.78, 5) is 42.8. The molecule has 0 aliphatic carbocycles. The number of piperazine rings is 1. The van der Waals surface area contributed by atoms with Crippen LogP contribution in [0.5, 0.6) is 0 Å². The second kappa shape index (κ2) is 10.1. The summed E-state index contributed by atoms with van der Waals surface area (Å²) in [5, 5.41) is 12.7. The lowest BCUT2D eigenvalue weighted by Crippen LogP contribution is -2.46. The Labute approximate surface area is 213 Å². The first kappa shape index (κ1) is 24.0. The van der Waals surface area contributed by atoms with Gasteiger partial charge in [0.05, 0.1) is 16.5 Å². The standard InChI is InChI=1S/C27H25ClN4O4/c28-21-8-6-19(7-9-21)18-29-12-14-30(15-13-29)24-11-10-22(16-25(24)32(35)36)31-26(33)17-23(27(31)34)20-4-2-1-3-5-20/h1-11,16,23H,12-15,17-18H2/t23-/m0/s1. The number of amides is 2. The third kappa shape index (κ3) is 4.82. The van der Waals surface area contributed by atoms with Gasteiger partial charge in [0, 0.05) is 50.2 Å². The number of carbonyl (C=O) groups is 2. The summed E-state index contributed by atoms with van der Waals surface area (Å²) in [7, 11) is 0. The average Bonchev–Trinajstić information content (AvgIpc) is 3.19. The van der Waals surface area contributed by atoms with E-state index in [9.17, 15) is 19.7 Å². The maximum Gasteiger partial charge on any atom is 0.294 e. The molecule has 2 amide bonds. The van der Waals surface area contributed by atoms with Crippen molar-refractivity contribution >= 4 is 40.5 Å². The third-order valence-electron chi connectivity index (χ3n) is 6.79. The van der Waals surface area contributed by atoms with Gasteiger partial charge in [-0.1, -0.05) is 54.1 Å². The monoisotopic (exact) mass is 504 g/mol. The van der Waals surface area contributed by atoms with Crippen molar-refractivity contribution in [2.75, 3.05) is 36.0 Å². The molecule has 0 aromatic heterocycles. The molecule has 0 N–H and O–H groups in total. The van der Waals surface area contributed by atoms with Crippen LogP contribution in [0.4, 0.5) is 17.1 Å². The Balaban J connectivity index is 1.31. The summed E-state index contributed by atoms with van der Waals surface area (Å²) in [5.74, 6) is -1.29. The number of nitro benzene ring substituents is 1. The quantitative estimate of drug-likeness (QED) is 0.276. The third-order valence-corrected chi connectivity index (χ3v) is 7.05. The minimum atomic E-state index is -0.578. The molecule has 0 bridgehead atoms. The summed E-state index contributed by atoms with van der Waals surface area (Å²) < 4.78 is 0. The molecule has 0 radical (unpaired) electrons. The summed E-state index contributed by atoms with van der Waals surface area (Å²) in [6, 6.07) is 21.5. The zero-order valence-corrected chi connectivity index (χ0v) is 20.3. The van der Waals surface area contributed by atoms with Crippen LogP contribution >= 0.6 is 11.6 Å². The van der Waals surface area contributed by atoms with Crippen molar-refractivity contribution in [2.45, 2.75) is 18.9 Å². The maximum absolute atomic E-state index is 13.1. The Kier molecular flexibility index (Phi) is 6.71. The van der Waals surface area contributed by atoms with Gasteiger partial charge < -0.3 is 4.90 Å². The number of carbonyl (C=O) groups excluding carboxylic acids is 2. The molecule has 2 aliphatic rings. The fourth-order valence-electron chi connectivity index (χ4n) is 4.91. The smallest absolute Gasteiger partial charge is 0.294 e. The molecule has 2 heterocycles. The zero-order valence-electron chi connectivity index (χ0n) is 19.5. The van der Waals surface area contributed by atoms with Crippen LogP contribution in [0.2, 0.25) is 5.02 Å². The lowest BCUT2D eigenvalue weighted by atomic mass is 9.98. The lowest BCUT2D eigenvalue weighted by molar-refractivity contribution is -0.384. The molecular weight excluding hydrogens is 480 g/mol. The number of imide groups is 1. The van der Waals surface area contributed by atoms with Crippen molar-refractivity contribution in [3.8, 4) is 0 Å². The van der Waals surface area contributed by atoms with Crippen molar-refractivity contribution in [1.82, 2.24) is 4.90 Å². The van der Waals surface area contributed by atoms with E-state index in [0.717, 1.165) is 35.7 Å². The van der Waals surface area contributed by atoms with E-state index in [-0.39, 0.29) is 29.6 Å². The SMILES string of the molecule is O=C1C[C@@H](c2ccccc2)C(=O)N1c1ccc(N2CCN(Cc3ccc(Cl)cc3)CC2)c([N+](=O)[O-])c1. The predicted octanol–water partition coefficient (Wildman–Crippen LogP) is 4.62. The molecule has 5 rings (SSSR count). The maximum atomic E-state index is 13.1. The van der Waals surface area contributed by atoms with Gasteiger partial charge in [0.25, 0.3) is 5.69 Å². The number of hydrogen-bond donors (Lipinski definition) is 0. The first-order valence-corrected chi connectivity index (χ1v) is 12.2. The summed E-state index contributed by atoms with van der Waals surface area (Å²) in [5.41, 5.74) is 2.55. The number of nitro groups is 1. The van der Waals surface area contributed by atoms with Crippen LogP contribution in [-0.4, -0.2) is 47.8 Å². The molecule has 2 fully saturated rings. The Hall–Kier alpha value is -3.75. The van der Waals surface area contributed by atoms with Crippen LogP contribution in [-0.2, 0) is 16.1 Å². The lowest BCUT2D eigenvalue weighted by Gasteiger charge is -2.36. The molecular formula is C27H25ClN4O4. The fourth-order valence-corrected chi connectivity index (χ4v) is 5.03. The van der Waals surface area contributed by atoms with Gasteiger partial charge in [-0.25, -0.2) is 4.90 Å². The first-order chi connectivity index (χ1) is 17.4. The van der Waals surface area contributed by atoms with E-state index in [1.807, 2.05) is 59.5 Å². The minimum absolute atomic E-state index is 0.0496. The van der Waals surface area contributed by atoms with E-state index >= 15 is 0 Å². The normalized spacial score (nSPS) is 18.6. The number of halogens is 1. The van der Waals surface area contributed by atoms with Crippen molar-refractivity contribution in [1.29, 1.82) is 0 Å². The Morgan fingerprint density at radius 2 is 1.61 bits per heavy atom. The molecule has 9 heteroatoms. The van der Waals surface area contributed by atoms with E-state index in [4.69, 9.17) is 11.6 Å². The van der Waals surface area contributed by atoms with E-state index in [1.165, 1.54) is 6.07 Å². The highest BCUT2D eigenvalue weighted by Crippen LogP contribution is 2.38. The summed E-state index contributed by atoms with van der Waals surface area (Å²) in [6.45, 7) is 3.55. The number of nitrogens with zero attached hydrogens (tertiary/aromatic N) is 4. The largest absolute Gasteiger partial charge is 0.363 e. The number of anilines is 2. The van der Waals surface area contributed by atoms with E-state index in [1.54, 1.807) is 12.1 Å². The van der Waals surface area contributed by atoms with Crippen LogP contribution < -0.4 is 9.80 Å². The molecule has 36 heavy (non-hydrogen) atoms. The topological polar surface area (TPSA) is 87.0 Å². The molecule has 0 saturated carbocycles.